The van der Waals surface area contributed by atoms with Crippen molar-refractivity contribution >= 4 is 11.8 Å². The van der Waals surface area contributed by atoms with Gasteiger partial charge in [-0.2, -0.15) is 13.2 Å². The minimum atomic E-state index is -4.63. The van der Waals surface area contributed by atoms with Gasteiger partial charge in [0.15, 0.2) is 5.69 Å². The molecule has 0 radical (unpaired) electrons. The molecule has 6 nitrogen and oxygen atoms in total. The van der Waals surface area contributed by atoms with Crippen LogP contribution in [0.1, 0.15) is 65.1 Å². The summed E-state index contributed by atoms with van der Waals surface area (Å²) in [6.45, 7) is 0. The number of nitrogens with zero attached hydrogens (tertiary/aromatic N) is 2. The molecule has 2 unspecified atom stereocenters. The second-order valence-electron chi connectivity index (χ2n) is 9.72. The number of alkyl halides is 3. The number of halogens is 4. The van der Waals surface area contributed by atoms with Crippen LogP contribution in [-0.2, 0) is 6.18 Å². The molecule has 1 aromatic heterocycles. The van der Waals surface area contributed by atoms with Crippen LogP contribution in [0.3, 0.4) is 0 Å². The Morgan fingerprint density at radius 3 is 2.12 bits per heavy atom. The lowest BCUT2D eigenvalue weighted by Crippen LogP contribution is -2.69. The fourth-order valence-corrected chi connectivity index (χ4v) is 6.39. The molecule has 174 valence electrons. The number of benzene rings is 1. The molecule has 33 heavy (non-hydrogen) atoms. The van der Waals surface area contributed by atoms with Crippen molar-refractivity contribution in [2.75, 3.05) is 0 Å². The third-order valence-electron chi connectivity index (χ3n) is 7.08. The summed E-state index contributed by atoms with van der Waals surface area (Å²) in [5.41, 5.74) is -2.21. The second-order valence-corrected chi connectivity index (χ2v) is 9.72. The molecule has 0 spiro atoms. The zero-order chi connectivity index (χ0) is 23.4. The minimum Gasteiger partial charge on any atom is -0.346 e. The van der Waals surface area contributed by atoms with E-state index in [9.17, 15) is 27.2 Å². The van der Waals surface area contributed by atoms with Crippen molar-refractivity contribution in [3.8, 4) is 0 Å². The average Bonchev–Trinajstić information content (AvgIpc) is 2.71. The summed E-state index contributed by atoms with van der Waals surface area (Å²) in [7, 11) is 0. The Kier molecular flexibility index (Phi) is 4.95. The van der Waals surface area contributed by atoms with Crippen LogP contribution in [0, 0.1) is 17.7 Å². The average molecular weight is 462 g/mol. The lowest BCUT2D eigenvalue weighted by Gasteiger charge is -2.62. The molecule has 0 aliphatic heterocycles. The number of aromatic nitrogens is 2. The summed E-state index contributed by atoms with van der Waals surface area (Å²) in [5.74, 6) is -0.818. The minimum absolute atomic E-state index is 0.184. The first-order valence-corrected chi connectivity index (χ1v) is 10.8. The molecular weight excluding hydrogens is 440 g/mol. The quantitative estimate of drug-likeness (QED) is 0.676. The van der Waals surface area contributed by atoms with E-state index in [1.54, 1.807) is 6.07 Å². The Labute approximate surface area is 187 Å². The Morgan fingerprint density at radius 1 is 0.939 bits per heavy atom. The lowest BCUT2D eigenvalue weighted by molar-refractivity contribution is -0.141. The van der Waals surface area contributed by atoms with Crippen LogP contribution in [-0.4, -0.2) is 32.9 Å². The maximum atomic E-state index is 13.6. The first-order valence-electron chi connectivity index (χ1n) is 10.8. The van der Waals surface area contributed by atoms with E-state index in [0.717, 1.165) is 38.3 Å². The number of carbonyl (C=O) groups is 2. The van der Waals surface area contributed by atoms with Gasteiger partial charge >= 0.3 is 6.18 Å². The van der Waals surface area contributed by atoms with E-state index in [-0.39, 0.29) is 17.2 Å². The molecule has 4 fully saturated rings. The molecule has 10 heteroatoms. The van der Waals surface area contributed by atoms with E-state index >= 15 is 0 Å². The summed E-state index contributed by atoms with van der Waals surface area (Å²) < 4.78 is 51.8. The summed E-state index contributed by atoms with van der Waals surface area (Å²) in [4.78, 5) is 32.7. The SMILES string of the molecule is O=C(NC12CC3CC(C1)CC(NC(=O)c1cnc(C(F)(F)F)cn1)(C3)C2)c1cccc(F)c1. The molecule has 2 aromatic rings. The second kappa shape index (κ2) is 7.50. The van der Waals surface area contributed by atoms with Gasteiger partial charge in [-0.15, -0.1) is 0 Å². The van der Waals surface area contributed by atoms with Gasteiger partial charge in [-0.05, 0) is 68.6 Å². The van der Waals surface area contributed by atoms with Gasteiger partial charge in [0.2, 0.25) is 0 Å². The number of amides is 2. The van der Waals surface area contributed by atoms with Crippen LogP contribution in [0.15, 0.2) is 36.7 Å². The van der Waals surface area contributed by atoms with Gasteiger partial charge in [-0.25, -0.2) is 14.4 Å². The Balaban J connectivity index is 1.34. The summed E-state index contributed by atoms with van der Waals surface area (Å²) >= 11 is 0. The first-order chi connectivity index (χ1) is 15.5. The number of nitrogens with one attached hydrogen (secondary N) is 2. The molecule has 2 N–H and O–H groups in total. The molecule has 6 rings (SSSR count). The van der Waals surface area contributed by atoms with E-state index < -0.39 is 34.7 Å². The zero-order valence-electron chi connectivity index (χ0n) is 17.6. The maximum Gasteiger partial charge on any atom is 0.434 e. The molecule has 4 aliphatic carbocycles. The summed E-state index contributed by atoms with van der Waals surface area (Å²) in [6.07, 6.45) is 1.30. The fraction of sp³-hybridized carbons (Fsp3) is 0.478. The molecular formula is C23H22F4N4O2. The van der Waals surface area contributed by atoms with Crippen LogP contribution >= 0.6 is 0 Å². The molecule has 4 aliphatic rings. The lowest BCUT2D eigenvalue weighted by atomic mass is 9.49. The van der Waals surface area contributed by atoms with Crippen molar-refractivity contribution in [1.29, 1.82) is 0 Å². The molecule has 1 aromatic carbocycles. The molecule has 2 amide bonds. The Bertz CT molecular complexity index is 1090. The van der Waals surface area contributed by atoms with Crippen molar-refractivity contribution in [2.24, 2.45) is 11.8 Å². The van der Waals surface area contributed by atoms with Crippen LogP contribution in [0.4, 0.5) is 17.6 Å². The monoisotopic (exact) mass is 462 g/mol. The highest BCUT2D eigenvalue weighted by Gasteiger charge is 2.58. The standard InChI is InChI=1S/C23H22F4N4O2/c24-16-3-1-2-15(5-16)19(32)30-21-6-13-4-14(7-21)9-22(8-13,12-21)31-20(33)17-10-29-18(11-28-17)23(25,26)27/h1-3,5,10-11,13-14H,4,6-9,12H2,(H,30,32)(H,31,33). The predicted molar refractivity (Wildman–Crippen MR) is 109 cm³/mol. The molecule has 1 heterocycles. The van der Waals surface area contributed by atoms with Crippen LogP contribution in [0.2, 0.25) is 0 Å². The topological polar surface area (TPSA) is 84.0 Å². The first kappa shape index (κ1) is 21.8. The van der Waals surface area contributed by atoms with E-state index in [1.807, 2.05) is 0 Å². The predicted octanol–water partition coefficient (Wildman–Crippen LogP) is 3.89. The fourth-order valence-electron chi connectivity index (χ4n) is 6.39. The van der Waals surface area contributed by atoms with Crippen LogP contribution in [0.25, 0.3) is 0 Å². The van der Waals surface area contributed by atoms with Gasteiger partial charge < -0.3 is 10.6 Å². The number of rotatable bonds is 4. The number of hydrogen-bond donors (Lipinski definition) is 2. The van der Waals surface area contributed by atoms with Gasteiger partial charge in [-0.3, -0.25) is 9.59 Å². The van der Waals surface area contributed by atoms with E-state index in [0.29, 0.717) is 24.5 Å². The molecule has 4 bridgehead atoms. The number of carbonyl (C=O) groups excluding carboxylic acids is 2. The van der Waals surface area contributed by atoms with E-state index in [1.165, 1.54) is 18.2 Å². The van der Waals surface area contributed by atoms with E-state index in [4.69, 9.17) is 0 Å². The highest BCUT2D eigenvalue weighted by atomic mass is 19.4. The normalized spacial score (nSPS) is 30.2. The third-order valence-corrected chi connectivity index (χ3v) is 7.08. The van der Waals surface area contributed by atoms with Gasteiger partial charge in [0.1, 0.15) is 11.5 Å². The van der Waals surface area contributed by atoms with Crippen molar-refractivity contribution in [3.63, 3.8) is 0 Å². The summed E-state index contributed by atoms with van der Waals surface area (Å²) in [6, 6.07) is 5.50. The Morgan fingerprint density at radius 2 is 1.58 bits per heavy atom. The van der Waals surface area contributed by atoms with Gasteiger partial charge in [0.25, 0.3) is 11.8 Å². The highest BCUT2D eigenvalue weighted by molar-refractivity contribution is 5.95. The van der Waals surface area contributed by atoms with Crippen molar-refractivity contribution in [1.82, 2.24) is 20.6 Å². The van der Waals surface area contributed by atoms with Gasteiger partial charge in [-0.1, -0.05) is 6.07 Å². The largest absolute Gasteiger partial charge is 0.434 e. The maximum absolute atomic E-state index is 13.6. The van der Waals surface area contributed by atoms with Crippen LogP contribution < -0.4 is 10.6 Å². The third kappa shape index (κ3) is 4.18. The summed E-state index contributed by atoms with van der Waals surface area (Å²) in [5, 5.41) is 6.13. The molecule has 2 atom stereocenters. The van der Waals surface area contributed by atoms with E-state index in [2.05, 4.69) is 20.6 Å². The van der Waals surface area contributed by atoms with Gasteiger partial charge in [0, 0.05) is 16.6 Å². The zero-order valence-corrected chi connectivity index (χ0v) is 17.6. The molecule has 0 saturated heterocycles. The van der Waals surface area contributed by atoms with Crippen molar-refractivity contribution in [3.05, 3.63) is 59.4 Å². The smallest absolute Gasteiger partial charge is 0.346 e. The van der Waals surface area contributed by atoms with Gasteiger partial charge in [0.05, 0.1) is 12.4 Å². The number of hydrogen-bond acceptors (Lipinski definition) is 4. The van der Waals surface area contributed by atoms with Crippen molar-refractivity contribution in [2.45, 2.75) is 55.8 Å². The van der Waals surface area contributed by atoms with Crippen molar-refractivity contribution < 1.29 is 27.2 Å². The Hall–Kier alpha value is -3.04. The van der Waals surface area contributed by atoms with Crippen LogP contribution in [0.5, 0.6) is 0 Å². The molecule has 4 saturated carbocycles. The highest BCUT2D eigenvalue weighted by Crippen LogP contribution is 2.57.